The molecule has 5 heteroatoms. The van der Waals surface area contributed by atoms with Gasteiger partial charge in [-0.25, -0.2) is 4.98 Å². The maximum Gasteiger partial charge on any atom is 0.160 e. The van der Waals surface area contributed by atoms with Crippen LogP contribution in [-0.4, -0.2) is 19.6 Å². The number of aryl methyl sites for hydroxylation is 1. The fraction of sp³-hybridized carbons (Fsp3) is 0.105. The fourth-order valence-corrected chi connectivity index (χ4v) is 2.65. The van der Waals surface area contributed by atoms with E-state index in [2.05, 4.69) is 27.5 Å². The number of pyridine rings is 1. The van der Waals surface area contributed by atoms with Crippen molar-refractivity contribution in [1.29, 1.82) is 0 Å². The molecule has 1 aromatic carbocycles. The predicted molar refractivity (Wildman–Crippen MR) is 94.7 cm³/mol. The van der Waals surface area contributed by atoms with E-state index >= 15 is 0 Å². The zero-order valence-electron chi connectivity index (χ0n) is 13.3. The van der Waals surface area contributed by atoms with Gasteiger partial charge in [0.1, 0.15) is 5.82 Å². The summed E-state index contributed by atoms with van der Waals surface area (Å²) in [6.45, 7) is 2.73. The van der Waals surface area contributed by atoms with Crippen LogP contribution in [0.4, 0.5) is 5.82 Å². The van der Waals surface area contributed by atoms with Crippen LogP contribution >= 0.6 is 0 Å². The molecule has 118 valence electrons. The van der Waals surface area contributed by atoms with E-state index < -0.39 is 0 Å². The SMILES string of the molecule is Cc1cnn2c(NCc3ccncc3)cc(-c3ccccc3)nc12. The van der Waals surface area contributed by atoms with Crippen LogP contribution in [0.2, 0.25) is 0 Å². The number of aromatic nitrogens is 4. The summed E-state index contributed by atoms with van der Waals surface area (Å²) in [4.78, 5) is 8.82. The first-order chi connectivity index (χ1) is 11.8. The van der Waals surface area contributed by atoms with Crippen LogP contribution in [0.1, 0.15) is 11.1 Å². The van der Waals surface area contributed by atoms with Gasteiger partial charge >= 0.3 is 0 Å². The molecule has 0 unspecified atom stereocenters. The summed E-state index contributed by atoms with van der Waals surface area (Å²) < 4.78 is 1.85. The van der Waals surface area contributed by atoms with Gasteiger partial charge in [0.2, 0.25) is 0 Å². The smallest absolute Gasteiger partial charge is 0.160 e. The third kappa shape index (κ3) is 2.72. The highest BCUT2D eigenvalue weighted by molar-refractivity contribution is 5.67. The minimum Gasteiger partial charge on any atom is -0.366 e. The van der Waals surface area contributed by atoms with Crippen molar-refractivity contribution in [2.24, 2.45) is 0 Å². The molecular formula is C19H17N5. The average molecular weight is 315 g/mol. The minimum atomic E-state index is 0.703. The summed E-state index contributed by atoms with van der Waals surface area (Å²) in [6.07, 6.45) is 5.44. The number of rotatable bonds is 4. The lowest BCUT2D eigenvalue weighted by Gasteiger charge is -2.11. The van der Waals surface area contributed by atoms with Crippen molar-refractivity contribution in [3.63, 3.8) is 0 Å². The van der Waals surface area contributed by atoms with Gasteiger partial charge in [-0.05, 0) is 24.6 Å². The van der Waals surface area contributed by atoms with E-state index in [0.717, 1.165) is 28.3 Å². The molecule has 4 aromatic rings. The number of anilines is 1. The second-order valence-electron chi connectivity index (χ2n) is 5.66. The zero-order chi connectivity index (χ0) is 16.4. The maximum atomic E-state index is 4.77. The Kier molecular flexibility index (Phi) is 3.67. The number of nitrogens with one attached hydrogen (secondary N) is 1. The van der Waals surface area contributed by atoms with E-state index in [4.69, 9.17) is 4.98 Å². The van der Waals surface area contributed by atoms with Gasteiger partial charge in [0.05, 0.1) is 11.9 Å². The molecule has 0 saturated carbocycles. The first-order valence-electron chi connectivity index (χ1n) is 7.85. The largest absolute Gasteiger partial charge is 0.366 e. The normalized spacial score (nSPS) is 10.9. The van der Waals surface area contributed by atoms with Crippen LogP contribution < -0.4 is 5.32 Å². The fourth-order valence-electron chi connectivity index (χ4n) is 2.65. The van der Waals surface area contributed by atoms with Crippen molar-refractivity contribution in [2.75, 3.05) is 5.32 Å². The predicted octanol–water partition coefficient (Wildman–Crippen LogP) is 3.71. The molecular weight excluding hydrogens is 298 g/mol. The van der Waals surface area contributed by atoms with E-state index in [1.807, 2.05) is 54.0 Å². The van der Waals surface area contributed by atoms with E-state index in [9.17, 15) is 0 Å². The van der Waals surface area contributed by atoms with Crippen LogP contribution in [0.15, 0.2) is 67.1 Å². The van der Waals surface area contributed by atoms with Crippen molar-refractivity contribution in [3.05, 3.63) is 78.2 Å². The van der Waals surface area contributed by atoms with Crippen LogP contribution in [0, 0.1) is 6.92 Å². The first kappa shape index (κ1) is 14.4. The Balaban J connectivity index is 1.76. The topological polar surface area (TPSA) is 55.1 Å². The van der Waals surface area contributed by atoms with Crippen molar-refractivity contribution in [2.45, 2.75) is 13.5 Å². The minimum absolute atomic E-state index is 0.703. The molecule has 3 aromatic heterocycles. The number of hydrogen-bond donors (Lipinski definition) is 1. The van der Waals surface area contributed by atoms with Gasteiger partial charge in [-0.1, -0.05) is 30.3 Å². The van der Waals surface area contributed by atoms with Gasteiger partial charge in [0, 0.05) is 36.1 Å². The van der Waals surface area contributed by atoms with Gasteiger partial charge in [-0.15, -0.1) is 0 Å². The van der Waals surface area contributed by atoms with Crippen LogP contribution in [-0.2, 0) is 6.54 Å². The molecule has 0 aliphatic rings. The first-order valence-corrected chi connectivity index (χ1v) is 7.85. The van der Waals surface area contributed by atoms with E-state index in [1.54, 1.807) is 12.4 Å². The van der Waals surface area contributed by atoms with Crippen LogP contribution in [0.25, 0.3) is 16.9 Å². The average Bonchev–Trinajstić information content (AvgIpc) is 3.02. The Morgan fingerprint density at radius 2 is 1.83 bits per heavy atom. The molecule has 3 heterocycles. The molecule has 1 N–H and O–H groups in total. The Labute approximate surface area is 140 Å². The molecule has 0 fully saturated rings. The molecule has 0 radical (unpaired) electrons. The van der Waals surface area contributed by atoms with Gasteiger partial charge < -0.3 is 5.32 Å². The lowest BCUT2D eigenvalue weighted by atomic mass is 10.1. The summed E-state index contributed by atoms with van der Waals surface area (Å²) in [5.41, 5.74) is 5.12. The number of fused-ring (bicyclic) bond motifs is 1. The summed E-state index contributed by atoms with van der Waals surface area (Å²) >= 11 is 0. The molecule has 24 heavy (non-hydrogen) atoms. The number of benzene rings is 1. The van der Waals surface area contributed by atoms with E-state index in [1.165, 1.54) is 5.56 Å². The molecule has 0 spiro atoms. The summed E-state index contributed by atoms with van der Waals surface area (Å²) in [5, 5.41) is 7.90. The summed E-state index contributed by atoms with van der Waals surface area (Å²) in [6, 6.07) is 16.2. The van der Waals surface area contributed by atoms with Gasteiger partial charge in [0.15, 0.2) is 5.65 Å². The lowest BCUT2D eigenvalue weighted by Crippen LogP contribution is -2.07. The Bertz CT molecular complexity index is 961. The highest BCUT2D eigenvalue weighted by Crippen LogP contribution is 2.23. The highest BCUT2D eigenvalue weighted by atomic mass is 15.3. The Morgan fingerprint density at radius 1 is 1.04 bits per heavy atom. The Morgan fingerprint density at radius 3 is 2.62 bits per heavy atom. The molecule has 0 atom stereocenters. The molecule has 0 amide bonds. The second-order valence-corrected chi connectivity index (χ2v) is 5.66. The standard InChI is InChI=1S/C19H17N5/c1-14-12-22-24-18(21-13-15-7-9-20-10-8-15)11-17(23-19(14)24)16-5-3-2-4-6-16/h2-12,21H,13H2,1H3. The van der Waals surface area contributed by atoms with E-state index in [0.29, 0.717) is 6.54 Å². The van der Waals surface area contributed by atoms with E-state index in [-0.39, 0.29) is 0 Å². The molecule has 5 nitrogen and oxygen atoms in total. The molecule has 0 saturated heterocycles. The van der Waals surface area contributed by atoms with Gasteiger partial charge in [0.25, 0.3) is 0 Å². The third-order valence-corrected chi connectivity index (χ3v) is 3.94. The molecule has 0 aliphatic carbocycles. The van der Waals surface area contributed by atoms with Crippen LogP contribution in [0.3, 0.4) is 0 Å². The van der Waals surface area contributed by atoms with Crippen molar-refractivity contribution < 1.29 is 0 Å². The summed E-state index contributed by atoms with van der Waals surface area (Å²) in [5.74, 6) is 0.920. The van der Waals surface area contributed by atoms with Crippen molar-refractivity contribution in [3.8, 4) is 11.3 Å². The van der Waals surface area contributed by atoms with Gasteiger partial charge in [-0.3, -0.25) is 4.98 Å². The third-order valence-electron chi connectivity index (χ3n) is 3.94. The monoisotopic (exact) mass is 315 g/mol. The quantitative estimate of drug-likeness (QED) is 0.624. The maximum absolute atomic E-state index is 4.77. The van der Waals surface area contributed by atoms with Crippen LogP contribution in [0.5, 0.6) is 0 Å². The molecule has 4 rings (SSSR count). The number of nitrogens with zero attached hydrogens (tertiary/aromatic N) is 4. The Hall–Kier alpha value is -3.21. The van der Waals surface area contributed by atoms with Gasteiger partial charge in [-0.2, -0.15) is 9.61 Å². The molecule has 0 aliphatic heterocycles. The lowest BCUT2D eigenvalue weighted by molar-refractivity contribution is 0.926. The van der Waals surface area contributed by atoms with Crippen molar-refractivity contribution in [1.82, 2.24) is 19.6 Å². The second kappa shape index (κ2) is 6.12. The highest BCUT2D eigenvalue weighted by Gasteiger charge is 2.10. The molecule has 0 bridgehead atoms. The van der Waals surface area contributed by atoms with Crippen molar-refractivity contribution >= 4 is 11.5 Å². The summed E-state index contributed by atoms with van der Waals surface area (Å²) in [7, 11) is 0. The number of hydrogen-bond acceptors (Lipinski definition) is 4. The zero-order valence-corrected chi connectivity index (χ0v) is 13.3.